The van der Waals surface area contributed by atoms with Crippen LogP contribution in [0.3, 0.4) is 0 Å². The lowest BCUT2D eigenvalue weighted by Gasteiger charge is -2.33. The first-order valence-electron chi connectivity index (χ1n) is 5.51. The third-order valence-corrected chi connectivity index (χ3v) is 3.04. The fourth-order valence-electron chi connectivity index (χ4n) is 1.36. The van der Waals surface area contributed by atoms with E-state index in [0.717, 1.165) is 5.56 Å². The van der Waals surface area contributed by atoms with Gasteiger partial charge < -0.3 is 10.2 Å². The second-order valence-electron chi connectivity index (χ2n) is 4.83. The molecule has 0 aliphatic carbocycles. The zero-order valence-corrected chi connectivity index (χ0v) is 10.5. The first-order valence-corrected chi connectivity index (χ1v) is 5.51. The van der Waals surface area contributed by atoms with E-state index in [1.165, 1.54) is 0 Å². The van der Waals surface area contributed by atoms with Crippen molar-refractivity contribution in [3.05, 3.63) is 35.4 Å². The second-order valence-corrected chi connectivity index (χ2v) is 4.83. The summed E-state index contributed by atoms with van der Waals surface area (Å²) in [6.45, 7) is 4.67. The van der Waals surface area contributed by atoms with Crippen LogP contribution in [0.5, 0.6) is 0 Å². The van der Waals surface area contributed by atoms with E-state index in [-0.39, 0.29) is 17.7 Å². The van der Waals surface area contributed by atoms with Gasteiger partial charge in [0.1, 0.15) is 0 Å². The number of likely N-dealkylation sites (N-methyl/N-ethyl adjacent to an activating group) is 1. The molecule has 0 amide bonds. The highest BCUT2D eigenvalue weighted by Gasteiger charge is 2.22. The molecule has 17 heavy (non-hydrogen) atoms. The lowest BCUT2D eigenvalue weighted by molar-refractivity contribution is 0.0696. The lowest BCUT2D eigenvalue weighted by atomic mass is 10.0. The van der Waals surface area contributed by atoms with Crippen molar-refractivity contribution < 1.29 is 15.0 Å². The van der Waals surface area contributed by atoms with Crippen molar-refractivity contribution in [3.8, 4) is 0 Å². The zero-order chi connectivity index (χ0) is 13.1. The van der Waals surface area contributed by atoms with Gasteiger partial charge in [-0.15, -0.1) is 0 Å². The Morgan fingerprint density at radius 2 is 1.82 bits per heavy atom. The van der Waals surface area contributed by atoms with Gasteiger partial charge >= 0.3 is 5.97 Å². The van der Waals surface area contributed by atoms with Crippen LogP contribution in [0.15, 0.2) is 24.3 Å². The molecule has 0 saturated carbocycles. The first kappa shape index (κ1) is 13.7. The quantitative estimate of drug-likeness (QED) is 0.816. The van der Waals surface area contributed by atoms with E-state index in [9.17, 15) is 9.90 Å². The van der Waals surface area contributed by atoms with Crippen molar-refractivity contribution in [1.82, 2.24) is 4.90 Å². The molecule has 0 unspecified atom stereocenters. The van der Waals surface area contributed by atoms with Crippen molar-refractivity contribution in [3.63, 3.8) is 0 Å². The molecule has 0 bridgehead atoms. The molecule has 94 valence electrons. The summed E-state index contributed by atoms with van der Waals surface area (Å²) in [6.07, 6.45) is 0. The SMILES string of the molecule is CN(Cc1ccc(C(=O)O)cc1)C(C)(C)CO. The number of benzene rings is 1. The van der Waals surface area contributed by atoms with Gasteiger partial charge in [-0.05, 0) is 38.6 Å². The average Bonchev–Trinajstić information content (AvgIpc) is 2.29. The van der Waals surface area contributed by atoms with Crippen LogP contribution < -0.4 is 0 Å². The van der Waals surface area contributed by atoms with Gasteiger partial charge in [0.15, 0.2) is 0 Å². The van der Waals surface area contributed by atoms with E-state index in [1.54, 1.807) is 24.3 Å². The van der Waals surface area contributed by atoms with Crippen LogP contribution in [-0.4, -0.2) is 40.3 Å². The minimum atomic E-state index is -0.916. The summed E-state index contributed by atoms with van der Waals surface area (Å²) in [4.78, 5) is 12.7. The monoisotopic (exact) mass is 237 g/mol. The molecule has 0 fully saturated rings. The Labute approximate surface area is 101 Å². The minimum Gasteiger partial charge on any atom is -0.478 e. The zero-order valence-electron chi connectivity index (χ0n) is 10.5. The molecule has 0 aliphatic heterocycles. The molecular weight excluding hydrogens is 218 g/mol. The number of aromatic carboxylic acids is 1. The van der Waals surface area contributed by atoms with Gasteiger partial charge in [-0.1, -0.05) is 12.1 Å². The van der Waals surface area contributed by atoms with Crippen LogP contribution in [-0.2, 0) is 6.54 Å². The fraction of sp³-hybridized carbons (Fsp3) is 0.462. The topological polar surface area (TPSA) is 60.8 Å². The predicted octanol–water partition coefficient (Wildman–Crippen LogP) is 1.59. The van der Waals surface area contributed by atoms with Gasteiger partial charge in [0.2, 0.25) is 0 Å². The van der Waals surface area contributed by atoms with E-state index in [1.807, 2.05) is 25.8 Å². The number of hydrogen-bond donors (Lipinski definition) is 2. The number of carbonyl (C=O) groups is 1. The fourth-order valence-corrected chi connectivity index (χ4v) is 1.36. The normalized spacial score (nSPS) is 11.8. The lowest BCUT2D eigenvalue weighted by Crippen LogP contribution is -2.43. The van der Waals surface area contributed by atoms with Gasteiger partial charge in [0.05, 0.1) is 12.2 Å². The summed E-state index contributed by atoms with van der Waals surface area (Å²) in [5.41, 5.74) is 1.03. The molecule has 0 spiro atoms. The Morgan fingerprint density at radius 1 is 1.29 bits per heavy atom. The molecule has 4 heteroatoms. The molecular formula is C13H19NO3. The molecule has 1 aromatic rings. The van der Waals surface area contributed by atoms with E-state index >= 15 is 0 Å². The van der Waals surface area contributed by atoms with Crippen LogP contribution in [0.1, 0.15) is 29.8 Å². The number of carboxylic acids is 1. The first-order chi connectivity index (χ1) is 7.86. The Balaban J connectivity index is 2.73. The highest BCUT2D eigenvalue weighted by molar-refractivity contribution is 5.87. The van der Waals surface area contributed by atoms with Crippen LogP contribution >= 0.6 is 0 Å². The van der Waals surface area contributed by atoms with Crippen LogP contribution in [0.25, 0.3) is 0 Å². The molecule has 0 saturated heterocycles. The summed E-state index contributed by atoms with van der Waals surface area (Å²) >= 11 is 0. The van der Waals surface area contributed by atoms with Crippen molar-refractivity contribution in [2.24, 2.45) is 0 Å². The standard InChI is InChI=1S/C13H19NO3/c1-13(2,9-15)14(3)8-10-4-6-11(7-5-10)12(16)17/h4-7,15H,8-9H2,1-3H3,(H,16,17). The van der Waals surface area contributed by atoms with Crippen molar-refractivity contribution >= 4 is 5.97 Å². The third-order valence-electron chi connectivity index (χ3n) is 3.04. The van der Waals surface area contributed by atoms with Crippen molar-refractivity contribution in [1.29, 1.82) is 0 Å². The van der Waals surface area contributed by atoms with Gasteiger partial charge in [0, 0.05) is 12.1 Å². The minimum absolute atomic E-state index is 0.0801. The molecule has 4 nitrogen and oxygen atoms in total. The average molecular weight is 237 g/mol. The number of nitrogens with zero attached hydrogens (tertiary/aromatic N) is 1. The summed E-state index contributed by atoms with van der Waals surface area (Å²) in [5, 5.41) is 18.0. The Kier molecular flexibility index (Phi) is 4.26. The molecule has 1 aromatic carbocycles. The predicted molar refractivity (Wildman–Crippen MR) is 66.0 cm³/mol. The summed E-state index contributed by atoms with van der Waals surface area (Å²) in [5.74, 6) is -0.916. The Hall–Kier alpha value is -1.39. The van der Waals surface area contributed by atoms with Gasteiger partial charge in [-0.2, -0.15) is 0 Å². The summed E-state index contributed by atoms with van der Waals surface area (Å²) < 4.78 is 0. The molecule has 0 radical (unpaired) electrons. The number of carboxylic acid groups (broad SMARTS) is 1. The number of aliphatic hydroxyl groups is 1. The maximum Gasteiger partial charge on any atom is 0.335 e. The molecule has 0 aromatic heterocycles. The van der Waals surface area contributed by atoms with E-state index < -0.39 is 5.97 Å². The van der Waals surface area contributed by atoms with Crippen molar-refractivity contribution in [2.45, 2.75) is 25.9 Å². The van der Waals surface area contributed by atoms with E-state index in [2.05, 4.69) is 0 Å². The highest BCUT2D eigenvalue weighted by atomic mass is 16.4. The van der Waals surface area contributed by atoms with E-state index in [0.29, 0.717) is 6.54 Å². The van der Waals surface area contributed by atoms with Crippen LogP contribution in [0.4, 0.5) is 0 Å². The largest absolute Gasteiger partial charge is 0.478 e. The van der Waals surface area contributed by atoms with Gasteiger partial charge in [-0.25, -0.2) is 4.79 Å². The maximum absolute atomic E-state index is 10.7. The Bertz CT molecular complexity index is 384. The third kappa shape index (κ3) is 3.54. The molecule has 0 heterocycles. The maximum atomic E-state index is 10.7. The number of rotatable bonds is 5. The van der Waals surface area contributed by atoms with E-state index in [4.69, 9.17) is 5.11 Å². The van der Waals surface area contributed by atoms with Gasteiger partial charge in [-0.3, -0.25) is 4.90 Å². The number of hydrogen-bond acceptors (Lipinski definition) is 3. The number of aliphatic hydroxyl groups excluding tert-OH is 1. The van der Waals surface area contributed by atoms with Crippen LogP contribution in [0.2, 0.25) is 0 Å². The molecule has 0 aliphatic rings. The smallest absolute Gasteiger partial charge is 0.335 e. The second kappa shape index (κ2) is 5.29. The van der Waals surface area contributed by atoms with Crippen molar-refractivity contribution in [2.75, 3.05) is 13.7 Å². The van der Waals surface area contributed by atoms with Gasteiger partial charge in [0.25, 0.3) is 0 Å². The molecule has 0 atom stereocenters. The Morgan fingerprint density at radius 3 is 2.24 bits per heavy atom. The summed E-state index contributed by atoms with van der Waals surface area (Å²) in [6, 6.07) is 6.79. The summed E-state index contributed by atoms with van der Waals surface area (Å²) in [7, 11) is 1.93. The van der Waals surface area contributed by atoms with Crippen LogP contribution in [0, 0.1) is 0 Å². The molecule has 1 rings (SSSR count). The highest BCUT2D eigenvalue weighted by Crippen LogP contribution is 2.15. The molecule has 2 N–H and O–H groups in total.